The van der Waals surface area contributed by atoms with Gasteiger partial charge in [-0.15, -0.1) is 0 Å². The van der Waals surface area contributed by atoms with Crippen LogP contribution in [0.15, 0.2) is 20.1 Å². The Balaban J connectivity index is 2.60. The van der Waals surface area contributed by atoms with Gasteiger partial charge in [-0.25, -0.2) is 4.79 Å². The van der Waals surface area contributed by atoms with E-state index >= 15 is 0 Å². The number of aryl methyl sites for hydroxylation is 1. The molecule has 1 amide bonds. The molecule has 2 rings (SSSR count). The molecule has 0 saturated carbocycles. The molecule has 8 nitrogen and oxygen atoms in total. The molecule has 0 atom stereocenters. The lowest BCUT2D eigenvalue weighted by Crippen LogP contribution is -2.22. The second kappa shape index (κ2) is 4.92. The number of ether oxygens (including phenoxy) is 1. The maximum absolute atomic E-state index is 11.9. The summed E-state index contributed by atoms with van der Waals surface area (Å²) in [5.41, 5.74) is 4.18. The van der Waals surface area contributed by atoms with Crippen LogP contribution >= 0.6 is 0 Å². The molecule has 0 aliphatic rings. The number of aromatic amines is 1. The molecule has 0 radical (unpaired) electrons. The molecule has 8 heteroatoms. The van der Waals surface area contributed by atoms with Gasteiger partial charge in [0.1, 0.15) is 5.39 Å². The number of amides is 1. The van der Waals surface area contributed by atoms with Crippen molar-refractivity contribution in [3.05, 3.63) is 32.4 Å². The fourth-order valence-electron chi connectivity index (χ4n) is 1.62. The zero-order valence-electron chi connectivity index (χ0n) is 10.1. The highest BCUT2D eigenvalue weighted by Crippen LogP contribution is 2.13. The highest BCUT2D eigenvalue weighted by atomic mass is 16.5. The fourth-order valence-corrected chi connectivity index (χ4v) is 1.62. The number of aromatic nitrogens is 2. The number of H-pyrrole nitrogens is 1. The second-order valence-electron chi connectivity index (χ2n) is 3.75. The normalized spacial score (nSPS) is 10.6. The van der Waals surface area contributed by atoms with Gasteiger partial charge in [-0.2, -0.15) is 4.98 Å². The monoisotopic (exact) mass is 265 g/mol. The van der Waals surface area contributed by atoms with Crippen LogP contribution in [-0.4, -0.2) is 22.5 Å². The zero-order chi connectivity index (χ0) is 14.0. The number of hydrogen-bond acceptors (Lipinski definition) is 6. The van der Waals surface area contributed by atoms with Crippen molar-refractivity contribution in [1.29, 1.82) is 0 Å². The molecule has 3 N–H and O–H groups in total. The van der Waals surface area contributed by atoms with Gasteiger partial charge in [0.2, 0.25) is 5.71 Å². The summed E-state index contributed by atoms with van der Waals surface area (Å²) in [5, 5.41) is 0.188. The number of nitrogens with zero attached hydrogens (tertiary/aromatic N) is 1. The van der Waals surface area contributed by atoms with Crippen molar-refractivity contribution in [2.45, 2.75) is 13.3 Å². The lowest BCUT2D eigenvalue weighted by Gasteiger charge is -2.04. The molecular formula is C11H11N3O5. The first kappa shape index (κ1) is 12.8. The van der Waals surface area contributed by atoms with E-state index in [-0.39, 0.29) is 17.1 Å². The van der Waals surface area contributed by atoms with Crippen molar-refractivity contribution in [3.63, 3.8) is 0 Å². The molecule has 0 unspecified atom stereocenters. The second-order valence-corrected chi connectivity index (χ2v) is 3.75. The molecular weight excluding hydrogens is 254 g/mol. The number of primary amides is 1. The average Bonchev–Trinajstić information content (AvgIpc) is 2.34. The van der Waals surface area contributed by atoms with Crippen LogP contribution in [0.5, 0.6) is 6.01 Å². The Bertz CT molecular complexity index is 746. The number of fused-ring (bicyclic) bond motifs is 1. The number of carbonyl (C=O) groups excluding carboxylic acids is 1. The molecule has 0 aliphatic carbocycles. The minimum atomic E-state index is -0.716. The molecule has 0 bridgehead atoms. The van der Waals surface area contributed by atoms with Crippen molar-refractivity contribution >= 4 is 17.0 Å². The average molecular weight is 265 g/mol. The summed E-state index contributed by atoms with van der Waals surface area (Å²) in [4.78, 5) is 39.9. The Morgan fingerprint density at radius 2 is 2.26 bits per heavy atom. The van der Waals surface area contributed by atoms with Gasteiger partial charge in [0.05, 0.1) is 0 Å². The summed E-state index contributed by atoms with van der Waals surface area (Å²) in [6.45, 7) is 1.36. The molecule has 2 aromatic heterocycles. The van der Waals surface area contributed by atoms with Crippen LogP contribution in [0.25, 0.3) is 11.1 Å². The predicted octanol–water partition coefficient (Wildman–Crippen LogP) is -0.697. The molecule has 0 saturated heterocycles. The summed E-state index contributed by atoms with van der Waals surface area (Å²) in [6, 6.07) is 1.01. The largest absolute Gasteiger partial charge is 0.455 e. The summed E-state index contributed by atoms with van der Waals surface area (Å²) in [6.07, 6.45) is 0.481. The summed E-state index contributed by atoms with van der Waals surface area (Å²) in [7, 11) is 0. The van der Waals surface area contributed by atoms with E-state index in [1.54, 1.807) is 6.92 Å². The Hall–Kier alpha value is -2.64. The molecule has 0 aromatic carbocycles. The molecule has 100 valence electrons. The maximum atomic E-state index is 11.9. The topological polar surface area (TPSA) is 128 Å². The van der Waals surface area contributed by atoms with Crippen LogP contribution in [0, 0.1) is 0 Å². The molecule has 2 heterocycles. The summed E-state index contributed by atoms with van der Waals surface area (Å²) >= 11 is 0. The number of carbonyl (C=O) groups is 1. The van der Waals surface area contributed by atoms with Crippen LogP contribution in [0.2, 0.25) is 0 Å². The molecule has 0 fully saturated rings. The highest BCUT2D eigenvalue weighted by Gasteiger charge is 2.12. The molecule has 0 spiro atoms. The number of nitrogens with two attached hydrogens (primary N) is 1. The SMILES string of the molecule is CCc1cc(=O)oc2nc(OCC(N)=O)[nH]c(=O)c12. The van der Waals surface area contributed by atoms with E-state index in [1.165, 1.54) is 6.07 Å². The van der Waals surface area contributed by atoms with Crippen LogP contribution < -0.4 is 21.7 Å². The van der Waals surface area contributed by atoms with E-state index in [4.69, 9.17) is 14.9 Å². The third-order valence-corrected chi connectivity index (χ3v) is 2.41. The van der Waals surface area contributed by atoms with Crippen molar-refractivity contribution < 1.29 is 13.9 Å². The Labute approximate surface area is 106 Å². The van der Waals surface area contributed by atoms with E-state index in [9.17, 15) is 14.4 Å². The van der Waals surface area contributed by atoms with Gasteiger partial charge in [0, 0.05) is 6.07 Å². The smallest absolute Gasteiger partial charge is 0.337 e. The first-order chi connectivity index (χ1) is 9.01. The summed E-state index contributed by atoms with van der Waals surface area (Å²) < 4.78 is 9.72. The third-order valence-electron chi connectivity index (χ3n) is 2.41. The van der Waals surface area contributed by atoms with E-state index < -0.39 is 23.7 Å². The van der Waals surface area contributed by atoms with E-state index in [2.05, 4.69) is 9.97 Å². The maximum Gasteiger partial charge on any atom is 0.337 e. The van der Waals surface area contributed by atoms with Gasteiger partial charge in [-0.3, -0.25) is 14.6 Å². The van der Waals surface area contributed by atoms with Gasteiger partial charge in [0.15, 0.2) is 6.61 Å². The van der Waals surface area contributed by atoms with E-state index in [1.807, 2.05) is 0 Å². The van der Waals surface area contributed by atoms with E-state index in [0.717, 1.165) is 0 Å². The zero-order valence-corrected chi connectivity index (χ0v) is 10.1. The number of nitrogens with one attached hydrogen (secondary N) is 1. The molecule has 2 aromatic rings. The molecule has 0 aliphatic heterocycles. The van der Waals surface area contributed by atoms with Gasteiger partial charge >= 0.3 is 5.63 Å². The van der Waals surface area contributed by atoms with Crippen LogP contribution in [0.4, 0.5) is 0 Å². The Kier molecular flexibility index (Phi) is 3.32. The lowest BCUT2D eigenvalue weighted by molar-refractivity contribution is -0.120. The first-order valence-electron chi connectivity index (χ1n) is 5.49. The third kappa shape index (κ3) is 2.62. The van der Waals surface area contributed by atoms with Crippen molar-refractivity contribution in [1.82, 2.24) is 9.97 Å². The lowest BCUT2D eigenvalue weighted by atomic mass is 10.1. The van der Waals surface area contributed by atoms with Crippen molar-refractivity contribution in [3.8, 4) is 6.01 Å². The van der Waals surface area contributed by atoms with Gasteiger partial charge in [0.25, 0.3) is 17.5 Å². The van der Waals surface area contributed by atoms with Gasteiger partial charge in [-0.1, -0.05) is 6.92 Å². The van der Waals surface area contributed by atoms with E-state index in [0.29, 0.717) is 12.0 Å². The Morgan fingerprint density at radius 3 is 2.89 bits per heavy atom. The standard InChI is InChI=1S/C11H11N3O5/c1-2-5-3-7(16)19-10-8(5)9(17)13-11(14-10)18-4-6(12)15/h3H,2,4H2,1H3,(H2,12,15)(H,13,14,17). The quantitative estimate of drug-likeness (QED) is 0.752. The first-order valence-corrected chi connectivity index (χ1v) is 5.49. The van der Waals surface area contributed by atoms with Gasteiger partial charge in [-0.05, 0) is 12.0 Å². The minimum absolute atomic E-state index is 0.132. The Morgan fingerprint density at radius 1 is 1.53 bits per heavy atom. The number of hydrogen-bond donors (Lipinski definition) is 2. The fraction of sp³-hybridized carbons (Fsp3) is 0.273. The summed E-state index contributed by atoms with van der Waals surface area (Å²) in [5.74, 6) is -0.716. The molecule has 19 heavy (non-hydrogen) atoms. The van der Waals surface area contributed by atoms with Crippen LogP contribution in [0.1, 0.15) is 12.5 Å². The van der Waals surface area contributed by atoms with Crippen LogP contribution in [-0.2, 0) is 11.2 Å². The minimum Gasteiger partial charge on any atom is -0.455 e. The predicted molar refractivity (Wildman–Crippen MR) is 65.0 cm³/mol. The van der Waals surface area contributed by atoms with Crippen LogP contribution in [0.3, 0.4) is 0 Å². The highest BCUT2D eigenvalue weighted by molar-refractivity contribution is 5.76. The van der Waals surface area contributed by atoms with Crippen molar-refractivity contribution in [2.24, 2.45) is 5.73 Å². The van der Waals surface area contributed by atoms with Gasteiger partial charge < -0.3 is 14.9 Å². The van der Waals surface area contributed by atoms with Crippen molar-refractivity contribution in [2.75, 3.05) is 6.61 Å². The number of rotatable bonds is 4.